The molecule has 100 valence electrons. The fourth-order valence-corrected chi connectivity index (χ4v) is 1.74. The van der Waals surface area contributed by atoms with Crippen molar-refractivity contribution < 1.29 is 14.3 Å². The van der Waals surface area contributed by atoms with Gasteiger partial charge in [-0.05, 0) is 40.8 Å². The third-order valence-corrected chi connectivity index (χ3v) is 3.72. The summed E-state index contributed by atoms with van der Waals surface area (Å²) >= 11 is 8.07. The Hall–Kier alpha value is -0.370. The van der Waals surface area contributed by atoms with Gasteiger partial charge in [0.05, 0.1) is 24.8 Å². The molecule has 1 rings (SSSR count). The van der Waals surface area contributed by atoms with Gasteiger partial charge in [0.15, 0.2) is 0 Å². The van der Waals surface area contributed by atoms with Crippen molar-refractivity contribution >= 4 is 40.1 Å². The molecule has 0 unspecified atom stereocenters. The first-order chi connectivity index (χ1) is 8.65. The number of rotatable bonds is 7. The second-order valence-electron chi connectivity index (χ2n) is 3.49. The van der Waals surface area contributed by atoms with E-state index in [0.717, 1.165) is 3.57 Å². The van der Waals surface area contributed by atoms with Crippen molar-refractivity contribution in [2.24, 2.45) is 0 Å². The van der Waals surface area contributed by atoms with Gasteiger partial charge in [0.2, 0.25) is 0 Å². The number of hydrogen-bond donors (Lipinski definition) is 1. The van der Waals surface area contributed by atoms with Gasteiger partial charge in [-0.2, -0.15) is 0 Å². The molecule has 0 aliphatic rings. The number of benzene rings is 1. The zero-order valence-electron chi connectivity index (χ0n) is 10.0. The van der Waals surface area contributed by atoms with Crippen molar-refractivity contribution in [3.05, 3.63) is 32.4 Å². The van der Waals surface area contributed by atoms with Crippen LogP contribution in [0, 0.1) is 3.57 Å². The van der Waals surface area contributed by atoms with Gasteiger partial charge in [-0.15, -0.1) is 0 Å². The molecule has 0 saturated heterocycles. The van der Waals surface area contributed by atoms with Crippen LogP contribution in [0.25, 0.3) is 0 Å². The molecule has 1 N–H and O–H groups in total. The lowest BCUT2D eigenvalue weighted by molar-refractivity contribution is 0.0692. The molecule has 0 saturated carbocycles. The maximum atomic E-state index is 11.7. The Balaban J connectivity index is 2.30. The van der Waals surface area contributed by atoms with E-state index in [2.05, 4.69) is 27.9 Å². The Kier molecular flexibility index (Phi) is 7.57. The Bertz CT molecular complexity index is 401. The molecule has 0 heterocycles. The fourth-order valence-electron chi connectivity index (χ4n) is 1.22. The summed E-state index contributed by atoms with van der Waals surface area (Å²) in [6, 6.07) is 5.21. The Morgan fingerprint density at radius 1 is 1.39 bits per heavy atom. The predicted molar refractivity (Wildman–Crippen MR) is 79.2 cm³/mol. The molecule has 1 aromatic rings. The summed E-state index contributed by atoms with van der Waals surface area (Å²) in [5, 5.41) is 3.34. The van der Waals surface area contributed by atoms with Gasteiger partial charge >= 0.3 is 0 Å². The van der Waals surface area contributed by atoms with Crippen LogP contribution in [-0.2, 0) is 9.47 Å². The summed E-state index contributed by atoms with van der Waals surface area (Å²) in [5.74, 6) is -0.149. The van der Waals surface area contributed by atoms with Crippen LogP contribution < -0.4 is 5.32 Å². The van der Waals surface area contributed by atoms with Crippen molar-refractivity contribution in [3.8, 4) is 0 Å². The Morgan fingerprint density at radius 2 is 2.17 bits per heavy atom. The van der Waals surface area contributed by atoms with Gasteiger partial charge < -0.3 is 14.8 Å². The van der Waals surface area contributed by atoms with Gasteiger partial charge in [-0.3, -0.25) is 4.79 Å². The standard InChI is InChI=1S/C12H15ClINO3/c1-17-6-7-18-5-4-15-12(16)9-2-3-11(14)10(13)8-9/h2-3,8H,4-7H2,1H3,(H,15,16). The highest BCUT2D eigenvalue weighted by atomic mass is 127. The number of carbonyl (C=O) groups is 1. The van der Waals surface area contributed by atoms with Gasteiger partial charge in [0, 0.05) is 22.8 Å². The number of amides is 1. The molecule has 6 heteroatoms. The average Bonchev–Trinajstić information content (AvgIpc) is 2.36. The molecule has 0 aliphatic heterocycles. The van der Waals surface area contributed by atoms with Gasteiger partial charge in [0.25, 0.3) is 5.91 Å². The van der Waals surface area contributed by atoms with Gasteiger partial charge in [-0.1, -0.05) is 11.6 Å². The molecule has 1 amide bonds. The molecule has 0 fully saturated rings. The lowest BCUT2D eigenvalue weighted by atomic mass is 10.2. The Morgan fingerprint density at radius 3 is 2.83 bits per heavy atom. The highest BCUT2D eigenvalue weighted by Crippen LogP contribution is 2.19. The van der Waals surface area contributed by atoms with E-state index in [9.17, 15) is 4.79 Å². The highest BCUT2D eigenvalue weighted by Gasteiger charge is 2.06. The molecule has 0 atom stereocenters. The van der Waals surface area contributed by atoms with E-state index >= 15 is 0 Å². The topological polar surface area (TPSA) is 47.6 Å². The normalized spacial score (nSPS) is 10.4. The summed E-state index contributed by atoms with van der Waals surface area (Å²) in [4.78, 5) is 11.7. The van der Waals surface area contributed by atoms with E-state index in [0.29, 0.717) is 37.0 Å². The third-order valence-electron chi connectivity index (χ3n) is 2.15. The van der Waals surface area contributed by atoms with Crippen LogP contribution in [0.15, 0.2) is 18.2 Å². The average molecular weight is 384 g/mol. The first-order valence-corrected chi connectivity index (χ1v) is 6.90. The molecule has 0 aromatic heterocycles. The largest absolute Gasteiger partial charge is 0.382 e. The maximum Gasteiger partial charge on any atom is 0.251 e. The first-order valence-electron chi connectivity index (χ1n) is 5.45. The van der Waals surface area contributed by atoms with Gasteiger partial charge in [-0.25, -0.2) is 0 Å². The molecule has 4 nitrogen and oxygen atoms in total. The van der Waals surface area contributed by atoms with E-state index in [4.69, 9.17) is 21.1 Å². The number of nitrogens with one attached hydrogen (secondary N) is 1. The SMILES string of the molecule is COCCOCCNC(=O)c1ccc(I)c(Cl)c1. The van der Waals surface area contributed by atoms with Crippen LogP contribution in [0.4, 0.5) is 0 Å². The molecule has 0 bridgehead atoms. The molecular formula is C12H15ClINO3. The molecule has 1 aromatic carbocycles. The van der Waals surface area contributed by atoms with Gasteiger partial charge in [0.1, 0.15) is 0 Å². The second kappa shape index (κ2) is 8.68. The van der Waals surface area contributed by atoms with Crippen LogP contribution in [0.1, 0.15) is 10.4 Å². The minimum absolute atomic E-state index is 0.149. The molecule has 0 radical (unpaired) electrons. The second-order valence-corrected chi connectivity index (χ2v) is 5.06. The van der Waals surface area contributed by atoms with Crippen LogP contribution in [0.5, 0.6) is 0 Å². The zero-order valence-corrected chi connectivity index (χ0v) is 13.0. The number of hydrogen-bond acceptors (Lipinski definition) is 3. The lowest BCUT2D eigenvalue weighted by Gasteiger charge is -2.07. The lowest BCUT2D eigenvalue weighted by Crippen LogP contribution is -2.27. The van der Waals surface area contributed by atoms with E-state index in [1.54, 1.807) is 19.2 Å². The van der Waals surface area contributed by atoms with E-state index in [-0.39, 0.29) is 5.91 Å². The molecule has 18 heavy (non-hydrogen) atoms. The summed E-state index contributed by atoms with van der Waals surface area (Å²) in [7, 11) is 1.62. The quantitative estimate of drug-likeness (QED) is 0.581. The predicted octanol–water partition coefficient (Wildman–Crippen LogP) is 2.34. The zero-order chi connectivity index (χ0) is 13.4. The number of carbonyl (C=O) groups excluding carboxylic acids is 1. The van der Waals surface area contributed by atoms with Crippen molar-refractivity contribution in [3.63, 3.8) is 0 Å². The number of methoxy groups -OCH3 is 1. The van der Waals surface area contributed by atoms with Crippen LogP contribution in [0.2, 0.25) is 5.02 Å². The van der Waals surface area contributed by atoms with Crippen molar-refractivity contribution in [2.45, 2.75) is 0 Å². The third kappa shape index (κ3) is 5.51. The fraction of sp³-hybridized carbons (Fsp3) is 0.417. The van der Waals surface area contributed by atoms with Crippen molar-refractivity contribution in [2.75, 3.05) is 33.5 Å². The summed E-state index contributed by atoms with van der Waals surface area (Å²) in [6.07, 6.45) is 0. The summed E-state index contributed by atoms with van der Waals surface area (Å²) < 4.78 is 11.0. The number of halogens is 2. The van der Waals surface area contributed by atoms with E-state index in [1.807, 2.05) is 6.07 Å². The summed E-state index contributed by atoms with van der Waals surface area (Å²) in [6.45, 7) is 2.02. The monoisotopic (exact) mass is 383 g/mol. The van der Waals surface area contributed by atoms with Crippen molar-refractivity contribution in [1.82, 2.24) is 5.32 Å². The van der Waals surface area contributed by atoms with E-state index < -0.39 is 0 Å². The van der Waals surface area contributed by atoms with Crippen molar-refractivity contribution in [1.29, 1.82) is 0 Å². The minimum atomic E-state index is -0.149. The number of ether oxygens (including phenoxy) is 2. The van der Waals surface area contributed by atoms with Crippen LogP contribution in [0.3, 0.4) is 0 Å². The first kappa shape index (κ1) is 15.7. The van der Waals surface area contributed by atoms with Crippen LogP contribution in [-0.4, -0.2) is 39.4 Å². The Labute approximate surface area is 125 Å². The highest BCUT2D eigenvalue weighted by molar-refractivity contribution is 14.1. The molecular weight excluding hydrogens is 368 g/mol. The minimum Gasteiger partial charge on any atom is -0.382 e. The van der Waals surface area contributed by atoms with E-state index in [1.165, 1.54) is 0 Å². The maximum absolute atomic E-state index is 11.7. The molecule has 0 aliphatic carbocycles. The molecule has 0 spiro atoms. The smallest absolute Gasteiger partial charge is 0.251 e. The van der Waals surface area contributed by atoms with Crippen LogP contribution >= 0.6 is 34.2 Å². The summed E-state index contributed by atoms with van der Waals surface area (Å²) in [5.41, 5.74) is 0.553.